The molecule has 1 aromatic rings. The number of amides is 2. The molecule has 2 saturated heterocycles. The van der Waals surface area contributed by atoms with Crippen molar-refractivity contribution >= 4 is 11.8 Å². The Morgan fingerprint density at radius 2 is 2.07 bits per heavy atom. The van der Waals surface area contributed by atoms with Crippen molar-refractivity contribution in [2.24, 2.45) is 11.8 Å². The van der Waals surface area contributed by atoms with Crippen LogP contribution in [0.25, 0.3) is 0 Å². The number of nitrogens with zero attached hydrogens (tertiary/aromatic N) is 4. The molecule has 0 aliphatic carbocycles. The highest BCUT2D eigenvalue weighted by Gasteiger charge is 2.68. The van der Waals surface area contributed by atoms with Gasteiger partial charge in [0.05, 0.1) is 31.0 Å². The summed E-state index contributed by atoms with van der Waals surface area (Å²) in [5.41, 5.74) is -0.999. The number of aryl methyl sites for hydroxylation is 1. The molecule has 2 bridgehead atoms. The highest BCUT2D eigenvalue weighted by molar-refractivity contribution is 5.93. The SMILES string of the molecule is CCc1nnc(CN(C)C(=O)[C@H]2[C@@H]3C=C[C@@]4(CN(C(C)(C)C)C(=O)[C@@H]24)O3)o1. The van der Waals surface area contributed by atoms with Crippen molar-refractivity contribution in [2.45, 2.75) is 57.9 Å². The van der Waals surface area contributed by atoms with E-state index in [1.165, 1.54) is 0 Å². The average molecular weight is 374 g/mol. The lowest BCUT2D eigenvalue weighted by atomic mass is 9.76. The number of hydrogen-bond acceptors (Lipinski definition) is 6. The molecule has 0 saturated carbocycles. The van der Waals surface area contributed by atoms with Gasteiger partial charge in [-0.3, -0.25) is 9.59 Å². The summed E-state index contributed by atoms with van der Waals surface area (Å²) >= 11 is 0. The monoisotopic (exact) mass is 374 g/mol. The van der Waals surface area contributed by atoms with Crippen LogP contribution < -0.4 is 0 Å². The van der Waals surface area contributed by atoms with Crippen molar-refractivity contribution in [1.82, 2.24) is 20.0 Å². The van der Waals surface area contributed by atoms with E-state index in [0.29, 0.717) is 24.7 Å². The smallest absolute Gasteiger partial charge is 0.235 e. The van der Waals surface area contributed by atoms with Gasteiger partial charge in [0.25, 0.3) is 0 Å². The predicted molar refractivity (Wildman–Crippen MR) is 95.3 cm³/mol. The Hall–Kier alpha value is -2.22. The Morgan fingerprint density at radius 3 is 2.70 bits per heavy atom. The number of rotatable bonds is 4. The van der Waals surface area contributed by atoms with Crippen LogP contribution in [0.3, 0.4) is 0 Å². The number of aromatic nitrogens is 2. The number of hydrogen-bond donors (Lipinski definition) is 0. The van der Waals surface area contributed by atoms with E-state index in [2.05, 4.69) is 10.2 Å². The minimum absolute atomic E-state index is 0.00726. The summed E-state index contributed by atoms with van der Waals surface area (Å²) in [4.78, 5) is 29.7. The Labute approximate surface area is 158 Å². The molecule has 4 rings (SSSR count). The topological polar surface area (TPSA) is 88.8 Å². The molecule has 0 N–H and O–H groups in total. The summed E-state index contributed by atoms with van der Waals surface area (Å²) in [5.74, 6) is -0.193. The van der Waals surface area contributed by atoms with Crippen LogP contribution in [0.2, 0.25) is 0 Å². The van der Waals surface area contributed by atoms with Gasteiger partial charge in [0.1, 0.15) is 5.60 Å². The molecule has 0 aromatic carbocycles. The molecule has 2 fully saturated rings. The Balaban J connectivity index is 1.56. The maximum absolute atomic E-state index is 13.2. The molecule has 2 amide bonds. The van der Waals surface area contributed by atoms with Crippen molar-refractivity contribution in [1.29, 1.82) is 0 Å². The lowest BCUT2D eigenvalue weighted by Gasteiger charge is -2.34. The van der Waals surface area contributed by atoms with Crippen molar-refractivity contribution in [3.05, 3.63) is 23.9 Å². The third-order valence-electron chi connectivity index (χ3n) is 5.76. The molecule has 8 nitrogen and oxygen atoms in total. The van der Waals surface area contributed by atoms with Crippen molar-refractivity contribution < 1.29 is 18.7 Å². The van der Waals surface area contributed by atoms with Crippen molar-refractivity contribution in [3.63, 3.8) is 0 Å². The van der Waals surface area contributed by atoms with Gasteiger partial charge in [0.2, 0.25) is 23.6 Å². The Bertz CT molecular complexity index is 811. The van der Waals surface area contributed by atoms with E-state index in [1.54, 1.807) is 11.9 Å². The number of ether oxygens (including phenoxy) is 1. The molecule has 8 heteroatoms. The first-order valence-electron chi connectivity index (χ1n) is 9.41. The van der Waals surface area contributed by atoms with E-state index in [9.17, 15) is 9.59 Å². The van der Waals surface area contributed by atoms with Gasteiger partial charge in [-0.15, -0.1) is 10.2 Å². The summed E-state index contributed by atoms with van der Waals surface area (Å²) in [6.45, 7) is 8.64. The van der Waals surface area contributed by atoms with Crippen LogP contribution in [0, 0.1) is 11.8 Å². The van der Waals surface area contributed by atoms with Gasteiger partial charge in [-0.2, -0.15) is 0 Å². The molecule has 3 aliphatic heterocycles. The van der Waals surface area contributed by atoms with Crippen LogP contribution in [-0.4, -0.2) is 62.6 Å². The van der Waals surface area contributed by atoms with Gasteiger partial charge in [-0.05, 0) is 20.8 Å². The average Bonchev–Trinajstić information content (AvgIpc) is 3.34. The summed E-state index contributed by atoms with van der Waals surface area (Å²) in [6, 6.07) is 0. The molecule has 1 spiro atoms. The fourth-order valence-corrected chi connectivity index (χ4v) is 4.38. The van der Waals surface area contributed by atoms with Crippen molar-refractivity contribution in [2.75, 3.05) is 13.6 Å². The first kappa shape index (κ1) is 18.2. The highest BCUT2D eigenvalue weighted by atomic mass is 16.5. The first-order valence-corrected chi connectivity index (χ1v) is 9.41. The number of fused-ring (bicyclic) bond motifs is 1. The molecule has 1 aromatic heterocycles. The number of carbonyl (C=O) groups excluding carboxylic acids is 2. The maximum atomic E-state index is 13.2. The van der Waals surface area contributed by atoms with E-state index in [1.807, 2.05) is 44.7 Å². The zero-order valence-corrected chi connectivity index (χ0v) is 16.4. The molecule has 27 heavy (non-hydrogen) atoms. The second kappa shape index (κ2) is 5.89. The van der Waals surface area contributed by atoms with Gasteiger partial charge in [-0.25, -0.2) is 0 Å². The lowest BCUT2D eigenvalue weighted by Crippen LogP contribution is -2.47. The fourth-order valence-electron chi connectivity index (χ4n) is 4.38. The predicted octanol–water partition coefficient (Wildman–Crippen LogP) is 1.17. The standard InChI is InChI=1S/C19H26N4O4/c1-6-12-20-21-13(26-12)9-22(5)16(24)14-11-7-8-19(27-11)10-23(18(2,3)4)17(25)15(14)19/h7-8,11,14-15H,6,9-10H2,1-5H3/t11-,14-,15+,19-/m0/s1. The van der Waals surface area contributed by atoms with E-state index in [4.69, 9.17) is 9.15 Å². The summed E-state index contributed by atoms with van der Waals surface area (Å²) < 4.78 is 11.7. The maximum Gasteiger partial charge on any atom is 0.235 e. The van der Waals surface area contributed by atoms with Gasteiger partial charge in [0.15, 0.2) is 0 Å². The molecule has 0 radical (unpaired) electrons. The lowest BCUT2D eigenvalue weighted by molar-refractivity contribution is -0.144. The zero-order valence-electron chi connectivity index (χ0n) is 16.4. The Kier molecular flexibility index (Phi) is 3.96. The van der Waals surface area contributed by atoms with Crippen LogP contribution in [0.15, 0.2) is 16.6 Å². The molecule has 3 aliphatic rings. The van der Waals surface area contributed by atoms with E-state index in [-0.39, 0.29) is 30.0 Å². The van der Waals surface area contributed by atoms with E-state index < -0.39 is 17.4 Å². The minimum atomic E-state index is -0.684. The quantitative estimate of drug-likeness (QED) is 0.735. The molecule has 0 unspecified atom stereocenters. The van der Waals surface area contributed by atoms with Crippen LogP contribution in [-0.2, 0) is 27.3 Å². The van der Waals surface area contributed by atoms with Gasteiger partial charge >= 0.3 is 0 Å². The van der Waals surface area contributed by atoms with Crippen LogP contribution in [0.5, 0.6) is 0 Å². The van der Waals surface area contributed by atoms with Gasteiger partial charge in [-0.1, -0.05) is 19.1 Å². The summed E-state index contributed by atoms with van der Waals surface area (Å²) in [5, 5.41) is 7.91. The molecule has 4 atom stereocenters. The van der Waals surface area contributed by atoms with Crippen LogP contribution >= 0.6 is 0 Å². The third-order valence-corrected chi connectivity index (χ3v) is 5.76. The first-order chi connectivity index (χ1) is 12.7. The second-order valence-electron chi connectivity index (χ2n) is 8.63. The third kappa shape index (κ3) is 2.69. The molecule has 4 heterocycles. The van der Waals surface area contributed by atoms with Gasteiger partial charge < -0.3 is 19.0 Å². The minimum Gasteiger partial charge on any atom is -0.423 e. The number of carbonyl (C=O) groups is 2. The summed E-state index contributed by atoms with van der Waals surface area (Å²) in [7, 11) is 1.70. The zero-order chi connectivity index (χ0) is 19.6. The van der Waals surface area contributed by atoms with Crippen molar-refractivity contribution in [3.8, 4) is 0 Å². The summed E-state index contributed by atoms with van der Waals surface area (Å²) in [6.07, 6.45) is 4.19. The van der Waals surface area contributed by atoms with E-state index in [0.717, 1.165) is 0 Å². The highest BCUT2D eigenvalue weighted by Crippen LogP contribution is 2.53. The van der Waals surface area contributed by atoms with E-state index >= 15 is 0 Å². The Morgan fingerprint density at radius 1 is 1.37 bits per heavy atom. The second-order valence-corrected chi connectivity index (χ2v) is 8.63. The van der Waals surface area contributed by atoms with Gasteiger partial charge in [0, 0.05) is 19.0 Å². The number of likely N-dealkylation sites (tertiary alicyclic amines) is 1. The normalized spacial score (nSPS) is 31.7. The fraction of sp³-hybridized carbons (Fsp3) is 0.684. The molecule has 146 valence electrons. The largest absolute Gasteiger partial charge is 0.423 e. The van der Waals surface area contributed by atoms with Crippen LogP contribution in [0.4, 0.5) is 0 Å². The molecular weight excluding hydrogens is 348 g/mol. The van der Waals surface area contributed by atoms with Crippen LogP contribution in [0.1, 0.15) is 39.5 Å². The molecular formula is C19H26N4O4.